The van der Waals surface area contributed by atoms with E-state index in [1.54, 1.807) is 0 Å². The number of esters is 1. The lowest BCUT2D eigenvalue weighted by molar-refractivity contribution is -0.375. The quantitative estimate of drug-likeness (QED) is 0.0993. The van der Waals surface area contributed by atoms with Crippen molar-refractivity contribution in [2.24, 2.45) is 50.2 Å². The van der Waals surface area contributed by atoms with Crippen LogP contribution in [-0.2, 0) is 33.3 Å². The summed E-state index contributed by atoms with van der Waals surface area (Å²) in [5.41, 5.74) is -0.192. The fourth-order valence-electron chi connectivity index (χ4n) is 13.8. The number of rotatable bonds is 8. The van der Waals surface area contributed by atoms with Gasteiger partial charge in [-0.2, -0.15) is 0 Å². The molecule has 8 N–H and O–H groups in total. The normalized spacial score (nSPS) is 54.2. The second-order valence-corrected chi connectivity index (χ2v) is 20.6. The van der Waals surface area contributed by atoms with E-state index >= 15 is 0 Å². The average molecular weight is 825 g/mol. The van der Waals surface area contributed by atoms with Crippen molar-refractivity contribution < 1.29 is 74.1 Å². The lowest BCUT2D eigenvalue weighted by atomic mass is 9.33. The largest absolute Gasteiger partial charge is 0.479 e. The summed E-state index contributed by atoms with van der Waals surface area (Å²) in [7, 11) is 1.48. The van der Waals surface area contributed by atoms with Gasteiger partial charge in [-0.15, -0.1) is 0 Å². The van der Waals surface area contributed by atoms with Crippen LogP contribution in [0.2, 0.25) is 0 Å². The number of carboxylic acid groups (broad SMARTS) is 1. The van der Waals surface area contributed by atoms with Crippen molar-refractivity contribution >= 4 is 11.9 Å². The molecule has 15 heteroatoms. The van der Waals surface area contributed by atoms with Crippen molar-refractivity contribution in [1.82, 2.24) is 0 Å². The van der Waals surface area contributed by atoms with Crippen LogP contribution in [0.4, 0.5) is 0 Å². The summed E-state index contributed by atoms with van der Waals surface area (Å²) in [5.74, 6) is -1.18. The number of carbonyl (C=O) groups is 2. The summed E-state index contributed by atoms with van der Waals surface area (Å²) in [6, 6.07) is 0. The Morgan fingerprint density at radius 1 is 0.776 bits per heavy atom. The lowest BCUT2D eigenvalue weighted by Gasteiger charge is -2.71. The SMILES string of the molecule is COC(=O)[C@]1(C)CC[C@]2(C)CC[C@]3(C)C(=CC[C@@H]4[C@@]5(C)CC[C@@H](O[C@@H]6O[C@H](C(=O)O)[C@@H](O)[C@H](O)[C@H]6O[C@@H]6O[C@H](CO)[C@H](O)[C@@H](O)[C@H]6O)[C@](C)(CO)[C@@H]5CC[C@@]43C)[C@H]2C1. The number of hydrogen-bond acceptors (Lipinski definition) is 14. The summed E-state index contributed by atoms with van der Waals surface area (Å²) >= 11 is 0. The van der Waals surface area contributed by atoms with Gasteiger partial charge in [-0.3, -0.25) is 4.79 Å². The Balaban J connectivity index is 1.17. The Morgan fingerprint density at radius 2 is 1.47 bits per heavy atom. The number of carbonyl (C=O) groups excluding carboxylic acids is 1. The molecule has 7 rings (SSSR count). The standard InChI is InChI=1S/C43H68O15/c1-38-14-15-39(2,37(53)54-7)18-22(38)21-8-9-25-40(3)12-11-26(41(4,20-45)24(40)10-13-43(25,6)42(21,5)17-16-38)56-36-33(30(49)29(48)32(57-36)34(51)52)58-35-31(50)28(47)27(46)23(19-44)55-35/h8,22-33,35-36,44-50H,9-20H2,1-7H3,(H,51,52)/t22-,23-,24-,25-,26-,27+,28-,29+,30+,31-,32+,33-,35+,36-,38-,39-,40+,41-,42-,43+/m1/s1. The fraction of sp³-hybridized carbons (Fsp3) is 0.907. The van der Waals surface area contributed by atoms with Crippen LogP contribution >= 0.6 is 0 Å². The molecule has 2 aliphatic heterocycles. The number of aliphatic carboxylic acids is 1. The molecule has 58 heavy (non-hydrogen) atoms. The predicted octanol–water partition coefficient (Wildman–Crippen LogP) is 2.04. The van der Waals surface area contributed by atoms with E-state index in [1.165, 1.54) is 12.7 Å². The van der Waals surface area contributed by atoms with E-state index in [9.17, 15) is 50.4 Å². The summed E-state index contributed by atoms with van der Waals surface area (Å²) in [6.45, 7) is 12.7. The van der Waals surface area contributed by atoms with Crippen LogP contribution in [0, 0.1) is 50.2 Å². The fourth-order valence-corrected chi connectivity index (χ4v) is 13.8. The zero-order valence-electron chi connectivity index (χ0n) is 35.1. The van der Waals surface area contributed by atoms with E-state index < -0.39 is 90.9 Å². The van der Waals surface area contributed by atoms with Crippen molar-refractivity contribution in [2.45, 2.75) is 173 Å². The third-order valence-electron chi connectivity index (χ3n) is 17.8. The topological polar surface area (TPSA) is 242 Å². The molecule has 2 heterocycles. The van der Waals surface area contributed by atoms with Crippen molar-refractivity contribution in [2.75, 3.05) is 20.3 Å². The Labute approximate surface area is 341 Å². The van der Waals surface area contributed by atoms with Gasteiger partial charge in [0, 0.05) is 5.41 Å². The molecule has 0 unspecified atom stereocenters. The Hall–Kier alpha value is -1.76. The van der Waals surface area contributed by atoms with Gasteiger partial charge in [0.05, 0.1) is 31.8 Å². The molecule has 2 saturated heterocycles. The third-order valence-corrected chi connectivity index (χ3v) is 17.8. The Kier molecular flexibility index (Phi) is 11.6. The maximum atomic E-state index is 13.1. The first kappa shape index (κ1) is 44.3. The van der Waals surface area contributed by atoms with Crippen LogP contribution in [0.1, 0.15) is 106 Å². The van der Waals surface area contributed by atoms with Crippen molar-refractivity contribution in [3.63, 3.8) is 0 Å². The maximum absolute atomic E-state index is 13.1. The first-order chi connectivity index (χ1) is 27.1. The molecule has 0 radical (unpaired) electrons. The van der Waals surface area contributed by atoms with Gasteiger partial charge in [-0.1, -0.05) is 46.3 Å². The van der Waals surface area contributed by atoms with E-state index in [0.717, 1.165) is 57.8 Å². The van der Waals surface area contributed by atoms with Gasteiger partial charge in [0.15, 0.2) is 18.7 Å². The van der Waals surface area contributed by atoms with Crippen molar-refractivity contribution in [3.8, 4) is 0 Å². The number of aliphatic hydroxyl groups is 7. The van der Waals surface area contributed by atoms with Gasteiger partial charge in [0.1, 0.15) is 42.7 Å². The van der Waals surface area contributed by atoms with Crippen LogP contribution in [0.15, 0.2) is 11.6 Å². The Morgan fingerprint density at radius 3 is 2.10 bits per heavy atom. The minimum atomic E-state index is -1.98. The molecule has 6 fully saturated rings. The maximum Gasteiger partial charge on any atom is 0.335 e. The van der Waals surface area contributed by atoms with Crippen molar-refractivity contribution in [1.29, 1.82) is 0 Å². The van der Waals surface area contributed by atoms with Gasteiger partial charge in [0.25, 0.3) is 0 Å². The molecule has 20 atom stereocenters. The molecule has 330 valence electrons. The number of carboxylic acids is 1. The molecule has 15 nitrogen and oxygen atoms in total. The number of aliphatic hydroxyl groups excluding tert-OH is 7. The molecule has 0 bridgehead atoms. The number of fused-ring (bicyclic) bond motifs is 7. The molecule has 0 amide bonds. The van der Waals surface area contributed by atoms with Gasteiger partial charge in [-0.25, -0.2) is 4.79 Å². The molecule has 5 aliphatic carbocycles. The second kappa shape index (κ2) is 15.2. The predicted molar refractivity (Wildman–Crippen MR) is 204 cm³/mol. The average Bonchev–Trinajstić information content (AvgIpc) is 3.18. The van der Waals surface area contributed by atoms with Gasteiger partial charge in [0.2, 0.25) is 0 Å². The summed E-state index contributed by atoms with van der Waals surface area (Å²) in [6.07, 6.45) is -7.26. The van der Waals surface area contributed by atoms with E-state index in [0.29, 0.717) is 6.42 Å². The number of allylic oxidation sites excluding steroid dienone is 2. The monoisotopic (exact) mass is 824 g/mol. The highest BCUT2D eigenvalue weighted by atomic mass is 16.8. The van der Waals surface area contributed by atoms with Crippen LogP contribution in [-0.4, -0.2) is 141 Å². The van der Waals surface area contributed by atoms with Crippen LogP contribution < -0.4 is 0 Å². The first-order valence-electron chi connectivity index (χ1n) is 21.3. The van der Waals surface area contributed by atoms with E-state index in [4.69, 9.17) is 23.7 Å². The summed E-state index contributed by atoms with van der Waals surface area (Å²) < 4.78 is 29.2. The van der Waals surface area contributed by atoms with Gasteiger partial charge in [-0.05, 0) is 111 Å². The van der Waals surface area contributed by atoms with Crippen LogP contribution in [0.3, 0.4) is 0 Å². The first-order valence-corrected chi connectivity index (χ1v) is 21.3. The molecule has 4 saturated carbocycles. The minimum absolute atomic E-state index is 0.0364. The zero-order chi connectivity index (χ0) is 42.5. The number of ether oxygens (including phenoxy) is 5. The second-order valence-electron chi connectivity index (χ2n) is 20.6. The van der Waals surface area contributed by atoms with Crippen LogP contribution in [0.5, 0.6) is 0 Å². The molecule has 0 aromatic carbocycles. The molecule has 0 aromatic rings. The van der Waals surface area contributed by atoms with E-state index in [-0.39, 0.29) is 52.0 Å². The molecule has 0 spiro atoms. The Bertz CT molecular complexity index is 1610. The highest BCUT2D eigenvalue weighted by Gasteiger charge is 2.69. The lowest BCUT2D eigenvalue weighted by Crippen LogP contribution is -2.67. The zero-order valence-corrected chi connectivity index (χ0v) is 35.1. The molecule has 0 aromatic heterocycles. The van der Waals surface area contributed by atoms with E-state index in [1.807, 2.05) is 6.92 Å². The molecule has 7 aliphatic rings. The van der Waals surface area contributed by atoms with Gasteiger partial charge >= 0.3 is 11.9 Å². The summed E-state index contributed by atoms with van der Waals surface area (Å²) in [5, 5.41) is 84.6. The number of methoxy groups -OCH3 is 1. The van der Waals surface area contributed by atoms with E-state index in [2.05, 4.69) is 40.7 Å². The minimum Gasteiger partial charge on any atom is -0.479 e. The van der Waals surface area contributed by atoms with Gasteiger partial charge < -0.3 is 64.5 Å². The molecular formula is C43H68O15. The molecular weight excluding hydrogens is 756 g/mol. The summed E-state index contributed by atoms with van der Waals surface area (Å²) in [4.78, 5) is 25.3. The smallest absolute Gasteiger partial charge is 0.335 e. The third kappa shape index (κ3) is 6.46. The number of hydrogen-bond donors (Lipinski definition) is 8. The van der Waals surface area contributed by atoms with Crippen molar-refractivity contribution in [3.05, 3.63) is 11.6 Å². The van der Waals surface area contributed by atoms with Crippen LogP contribution in [0.25, 0.3) is 0 Å². The highest BCUT2D eigenvalue weighted by Crippen LogP contribution is 2.76. The highest BCUT2D eigenvalue weighted by molar-refractivity contribution is 5.76.